The van der Waals surface area contributed by atoms with E-state index in [0.717, 1.165) is 24.1 Å². The lowest BCUT2D eigenvalue weighted by atomic mass is 9.89. The molecule has 0 fully saturated rings. The van der Waals surface area contributed by atoms with Gasteiger partial charge in [0.1, 0.15) is 0 Å². The maximum Gasteiger partial charge on any atom is 0.229 e. The summed E-state index contributed by atoms with van der Waals surface area (Å²) in [6.07, 6.45) is 6.69. The number of carbonyl (C=O) groups excluding carboxylic acids is 1. The first-order chi connectivity index (χ1) is 11.0. The number of hydrogen-bond donors (Lipinski definition) is 2. The van der Waals surface area contributed by atoms with Crippen molar-refractivity contribution in [2.24, 2.45) is 7.05 Å². The van der Waals surface area contributed by atoms with E-state index in [2.05, 4.69) is 15.4 Å². The second-order valence-corrected chi connectivity index (χ2v) is 6.75. The van der Waals surface area contributed by atoms with Crippen LogP contribution in [-0.2, 0) is 11.8 Å². The van der Waals surface area contributed by atoms with E-state index in [1.54, 1.807) is 10.9 Å². The molecule has 2 aromatic rings. The summed E-state index contributed by atoms with van der Waals surface area (Å²) < 4.78 is 1.71. The predicted octanol–water partition coefficient (Wildman–Crippen LogP) is 3.20. The Hall–Kier alpha value is -1.73. The number of carbonyl (C=O) groups is 1. The van der Waals surface area contributed by atoms with Gasteiger partial charge in [-0.1, -0.05) is 26.7 Å². The third kappa shape index (κ3) is 4.87. The van der Waals surface area contributed by atoms with Gasteiger partial charge in [0.2, 0.25) is 5.91 Å². The highest BCUT2D eigenvalue weighted by Crippen LogP contribution is 2.27. The van der Waals surface area contributed by atoms with Gasteiger partial charge in [-0.25, -0.2) is 4.98 Å². The summed E-state index contributed by atoms with van der Waals surface area (Å²) in [7, 11) is 1.85. The number of thiazole rings is 1. The van der Waals surface area contributed by atoms with Crippen LogP contribution in [0.25, 0.3) is 11.3 Å². The number of aromatic nitrogens is 3. The molecular weight excluding hydrogens is 312 g/mol. The zero-order valence-corrected chi connectivity index (χ0v) is 14.7. The van der Waals surface area contributed by atoms with Gasteiger partial charge >= 0.3 is 0 Å². The van der Waals surface area contributed by atoms with E-state index >= 15 is 0 Å². The smallest absolute Gasteiger partial charge is 0.229 e. The van der Waals surface area contributed by atoms with Crippen molar-refractivity contribution in [3.63, 3.8) is 0 Å². The monoisotopic (exact) mass is 336 g/mol. The summed E-state index contributed by atoms with van der Waals surface area (Å²) in [5.74, 6) is -0.193. The molecule has 0 radical (unpaired) electrons. The first-order valence-corrected chi connectivity index (χ1v) is 8.80. The maximum absolute atomic E-state index is 12.2. The standard InChI is InChI=1S/C16H24N4O2S/c1-4-6-16(22,7-5-2)8-14(21)19-15-18-13(11-23-15)12-9-17-20(3)10-12/h9-11,22H,4-8H2,1-3H3,(H,18,19,21). The molecule has 0 saturated heterocycles. The Bertz CT molecular complexity index is 644. The molecule has 0 atom stereocenters. The van der Waals surface area contributed by atoms with Gasteiger partial charge in [0.15, 0.2) is 5.13 Å². The van der Waals surface area contributed by atoms with Crippen LogP contribution in [0.4, 0.5) is 5.13 Å². The molecule has 2 aromatic heterocycles. The Morgan fingerprint density at radius 2 is 2.09 bits per heavy atom. The van der Waals surface area contributed by atoms with Crippen LogP contribution in [-0.4, -0.2) is 31.4 Å². The van der Waals surface area contributed by atoms with Crippen LogP contribution < -0.4 is 5.32 Å². The van der Waals surface area contributed by atoms with Crippen molar-refractivity contribution < 1.29 is 9.90 Å². The molecule has 2 rings (SSSR count). The molecule has 0 aliphatic heterocycles. The molecule has 2 heterocycles. The molecule has 1 amide bonds. The van der Waals surface area contributed by atoms with E-state index in [9.17, 15) is 9.90 Å². The minimum Gasteiger partial charge on any atom is -0.389 e. The van der Waals surface area contributed by atoms with Crippen LogP contribution in [0, 0.1) is 0 Å². The maximum atomic E-state index is 12.2. The molecule has 126 valence electrons. The molecule has 0 unspecified atom stereocenters. The quantitative estimate of drug-likeness (QED) is 0.776. The van der Waals surface area contributed by atoms with Crippen LogP contribution in [0.1, 0.15) is 46.0 Å². The first kappa shape index (κ1) is 17.6. The number of hydrogen-bond acceptors (Lipinski definition) is 5. The lowest BCUT2D eigenvalue weighted by molar-refractivity contribution is -0.121. The van der Waals surface area contributed by atoms with Gasteiger partial charge in [0, 0.05) is 24.2 Å². The summed E-state index contributed by atoms with van der Waals surface area (Å²) in [5, 5.41) is 19.9. The highest BCUT2D eigenvalue weighted by atomic mass is 32.1. The largest absolute Gasteiger partial charge is 0.389 e. The second kappa shape index (κ2) is 7.70. The third-order valence-electron chi connectivity index (χ3n) is 3.67. The average Bonchev–Trinajstić information content (AvgIpc) is 3.07. The van der Waals surface area contributed by atoms with Crippen molar-refractivity contribution in [3.8, 4) is 11.3 Å². The molecule has 0 spiro atoms. The number of aryl methyl sites for hydroxylation is 1. The summed E-state index contributed by atoms with van der Waals surface area (Å²) in [5.41, 5.74) is 0.783. The van der Waals surface area contributed by atoms with Crippen LogP contribution in [0.15, 0.2) is 17.8 Å². The molecule has 0 aromatic carbocycles. The normalized spacial score (nSPS) is 11.7. The molecular formula is C16H24N4O2S. The SMILES string of the molecule is CCCC(O)(CCC)CC(=O)Nc1nc(-c2cnn(C)c2)cs1. The molecule has 23 heavy (non-hydrogen) atoms. The van der Waals surface area contributed by atoms with Crippen molar-refractivity contribution in [2.75, 3.05) is 5.32 Å². The lowest BCUT2D eigenvalue weighted by Gasteiger charge is -2.26. The van der Waals surface area contributed by atoms with Gasteiger partial charge in [0.05, 0.1) is 23.9 Å². The Kier molecular flexibility index (Phi) is 5.90. The number of anilines is 1. The highest BCUT2D eigenvalue weighted by molar-refractivity contribution is 7.14. The third-order valence-corrected chi connectivity index (χ3v) is 4.43. The zero-order chi connectivity index (χ0) is 16.9. The van der Waals surface area contributed by atoms with Crippen LogP contribution in [0.3, 0.4) is 0 Å². The van der Waals surface area contributed by atoms with E-state index in [4.69, 9.17) is 0 Å². The van der Waals surface area contributed by atoms with Gasteiger partial charge in [-0.3, -0.25) is 9.48 Å². The summed E-state index contributed by atoms with van der Waals surface area (Å²) >= 11 is 1.37. The van der Waals surface area contributed by atoms with Crippen molar-refractivity contribution in [2.45, 2.75) is 51.6 Å². The molecule has 2 N–H and O–H groups in total. The van der Waals surface area contributed by atoms with E-state index in [-0.39, 0.29) is 12.3 Å². The summed E-state index contributed by atoms with van der Waals surface area (Å²) in [6.45, 7) is 4.03. The molecule has 0 aliphatic carbocycles. The molecule has 7 heteroatoms. The number of aliphatic hydroxyl groups is 1. The second-order valence-electron chi connectivity index (χ2n) is 5.89. The van der Waals surface area contributed by atoms with Crippen molar-refractivity contribution in [1.29, 1.82) is 0 Å². The van der Waals surface area contributed by atoms with E-state index in [1.165, 1.54) is 11.3 Å². The zero-order valence-electron chi connectivity index (χ0n) is 13.9. The van der Waals surface area contributed by atoms with Gasteiger partial charge < -0.3 is 10.4 Å². The Morgan fingerprint density at radius 1 is 1.39 bits per heavy atom. The van der Waals surface area contributed by atoms with Crippen molar-refractivity contribution in [1.82, 2.24) is 14.8 Å². The Labute approximate surface area is 140 Å². The van der Waals surface area contributed by atoms with Crippen LogP contribution >= 0.6 is 11.3 Å². The van der Waals surface area contributed by atoms with Gasteiger partial charge in [-0.2, -0.15) is 5.10 Å². The fourth-order valence-electron chi connectivity index (χ4n) is 2.71. The number of rotatable bonds is 8. The van der Waals surface area contributed by atoms with Crippen LogP contribution in [0.5, 0.6) is 0 Å². The van der Waals surface area contributed by atoms with E-state index in [0.29, 0.717) is 18.0 Å². The van der Waals surface area contributed by atoms with Crippen LogP contribution in [0.2, 0.25) is 0 Å². The van der Waals surface area contributed by atoms with Gasteiger partial charge in [0.25, 0.3) is 0 Å². The fraction of sp³-hybridized carbons (Fsp3) is 0.562. The Morgan fingerprint density at radius 3 is 2.65 bits per heavy atom. The minimum absolute atomic E-state index is 0.108. The molecule has 0 saturated carbocycles. The predicted molar refractivity (Wildman–Crippen MR) is 92.3 cm³/mol. The van der Waals surface area contributed by atoms with E-state index in [1.807, 2.05) is 32.5 Å². The average molecular weight is 336 g/mol. The summed E-state index contributed by atoms with van der Waals surface area (Å²) in [4.78, 5) is 16.6. The molecule has 6 nitrogen and oxygen atoms in total. The molecule has 0 bridgehead atoms. The van der Waals surface area contributed by atoms with Crippen molar-refractivity contribution >= 4 is 22.4 Å². The summed E-state index contributed by atoms with van der Waals surface area (Å²) in [6, 6.07) is 0. The van der Waals surface area contributed by atoms with Crippen molar-refractivity contribution in [3.05, 3.63) is 17.8 Å². The van der Waals surface area contributed by atoms with Gasteiger partial charge in [-0.05, 0) is 12.8 Å². The number of amides is 1. The van der Waals surface area contributed by atoms with E-state index < -0.39 is 5.60 Å². The molecule has 0 aliphatic rings. The minimum atomic E-state index is -0.920. The lowest BCUT2D eigenvalue weighted by Crippen LogP contribution is -2.33. The topological polar surface area (TPSA) is 80.0 Å². The Balaban J connectivity index is 1.99. The fourth-order valence-corrected chi connectivity index (χ4v) is 3.45. The first-order valence-electron chi connectivity index (χ1n) is 7.92. The highest BCUT2D eigenvalue weighted by Gasteiger charge is 2.28. The van der Waals surface area contributed by atoms with Gasteiger partial charge in [-0.15, -0.1) is 11.3 Å². The number of nitrogens with zero attached hydrogens (tertiary/aromatic N) is 3. The number of nitrogens with one attached hydrogen (secondary N) is 1.